The van der Waals surface area contributed by atoms with Gasteiger partial charge in [-0.3, -0.25) is 5.32 Å². The summed E-state index contributed by atoms with van der Waals surface area (Å²) in [5.41, 5.74) is -0.516. The van der Waals surface area contributed by atoms with Gasteiger partial charge in [-0.15, -0.1) is 0 Å². The molecule has 0 radical (unpaired) electrons. The van der Waals surface area contributed by atoms with Gasteiger partial charge in [0, 0.05) is 0 Å². The molecule has 1 rings (SSSR count). The summed E-state index contributed by atoms with van der Waals surface area (Å²) in [6, 6.07) is -0.932. The summed E-state index contributed by atoms with van der Waals surface area (Å²) in [6.45, 7) is -1.59. The van der Waals surface area contributed by atoms with E-state index in [9.17, 15) is 31.1 Å². The van der Waals surface area contributed by atoms with Gasteiger partial charge in [-0.2, -0.15) is 13.2 Å². The summed E-state index contributed by atoms with van der Waals surface area (Å²) >= 11 is 0. The molecule has 1 aromatic carbocycles. The van der Waals surface area contributed by atoms with Crippen molar-refractivity contribution < 1.29 is 35.9 Å². The molecule has 1 atom stereocenters. The number of hydrogen-bond donors (Lipinski definition) is 1. The van der Waals surface area contributed by atoms with Crippen molar-refractivity contribution in [1.29, 1.82) is 0 Å². The zero-order chi connectivity index (χ0) is 15.5. The fourth-order valence-electron chi connectivity index (χ4n) is 1.41. The first-order valence-electron chi connectivity index (χ1n) is 5.18. The van der Waals surface area contributed by atoms with Crippen LogP contribution >= 0.6 is 0 Å². The van der Waals surface area contributed by atoms with Crippen molar-refractivity contribution in [2.45, 2.75) is 12.2 Å². The summed E-state index contributed by atoms with van der Waals surface area (Å²) in [6.07, 6.45) is -4.65. The van der Waals surface area contributed by atoms with Crippen LogP contribution in [-0.2, 0) is 9.53 Å². The van der Waals surface area contributed by atoms with Gasteiger partial charge in [0.15, 0.2) is 17.5 Å². The maximum absolute atomic E-state index is 13.0. The largest absolute Gasteiger partial charge is 0.468 e. The Hall–Kier alpha value is -1.77. The van der Waals surface area contributed by atoms with E-state index in [2.05, 4.69) is 4.74 Å². The standard InChI is InChI=1S/C11H9F6NO2/c1-20-10(19)9(18-4-11(15,16)17)5-2-6(12)8(14)7(13)3-5/h2-3,9,18H,4H2,1H3. The Labute approximate surface area is 109 Å². The van der Waals surface area contributed by atoms with Gasteiger partial charge in [0.1, 0.15) is 6.04 Å². The predicted molar refractivity (Wildman–Crippen MR) is 55.1 cm³/mol. The third-order valence-electron chi connectivity index (χ3n) is 2.28. The van der Waals surface area contributed by atoms with Gasteiger partial charge < -0.3 is 4.74 Å². The molecule has 0 aliphatic heterocycles. The molecule has 0 aromatic heterocycles. The Morgan fingerprint density at radius 1 is 1.25 bits per heavy atom. The van der Waals surface area contributed by atoms with E-state index in [1.807, 2.05) is 0 Å². The van der Waals surface area contributed by atoms with Gasteiger partial charge in [-0.25, -0.2) is 18.0 Å². The predicted octanol–water partition coefficient (Wildman–Crippen LogP) is 2.47. The molecule has 112 valence electrons. The van der Waals surface area contributed by atoms with Crippen LogP contribution in [0.3, 0.4) is 0 Å². The number of methoxy groups -OCH3 is 1. The number of alkyl halides is 3. The average Bonchev–Trinajstić information content (AvgIpc) is 2.34. The van der Waals surface area contributed by atoms with Crippen molar-refractivity contribution in [3.63, 3.8) is 0 Å². The molecule has 20 heavy (non-hydrogen) atoms. The van der Waals surface area contributed by atoms with E-state index in [4.69, 9.17) is 0 Å². The van der Waals surface area contributed by atoms with Crippen LogP contribution in [0, 0.1) is 17.5 Å². The number of carbonyl (C=O) groups excluding carboxylic acids is 1. The maximum atomic E-state index is 13.0. The Kier molecular flexibility index (Phi) is 4.98. The molecule has 0 fully saturated rings. The summed E-state index contributed by atoms with van der Waals surface area (Å²) in [5, 5.41) is 1.75. The van der Waals surface area contributed by atoms with Crippen LogP contribution < -0.4 is 5.32 Å². The SMILES string of the molecule is COC(=O)C(NCC(F)(F)F)c1cc(F)c(F)c(F)c1. The first-order valence-corrected chi connectivity index (χ1v) is 5.18. The van der Waals surface area contributed by atoms with Gasteiger partial charge in [0.25, 0.3) is 0 Å². The second-order valence-electron chi connectivity index (χ2n) is 3.75. The lowest BCUT2D eigenvalue weighted by atomic mass is 10.1. The molecule has 0 saturated carbocycles. The highest BCUT2D eigenvalue weighted by atomic mass is 19.4. The molecule has 9 heteroatoms. The van der Waals surface area contributed by atoms with Crippen LogP contribution in [0.5, 0.6) is 0 Å². The number of hydrogen-bond acceptors (Lipinski definition) is 3. The zero-order valence-electron chi connectivity index (χ0n) is 10.0. The van der Waals surface area contributed by atoms with Gasteiger partial charge in [-0.1, -0.05) is 0 Å². The average molecular weight is 301 g/mol. The number of halogens is 6. The molecule has 0 spiro atoms. The molecule has 0 bridgehead atoms. The highest BCUT2D eigenvalue weighted by molar-refractivity contribution is 5.77. The molecular weight excluding hydrogens is 292 g/mol. The Morgan fingerprint density at radius 3 is 2.15 bits per heavy atom. The zero-order valence-corrected chi connectivity index (χ0v) is 10.0. The van der Waals surface area contributed by atoms with Crippen LogP contribution in [0.4, 0.5) is 26.3 Å². The van der Waals surface area contributed by atoms with Crippen molar-refractivity contribution in [3.8, 4) is 0 Å². The monoisotopic (exact) mass is 301 g/mol. The molecule has 0 aliphatic carbocycles. The van der Waals surface area contributed by atoms with E-state index in [0.29, 0.717) is 12.1 Å². The highest BCUT2D eigenvalue weighted by Gasteiger charge is 2.32. The molecule has 0 saturated heterocycles. The molecular formula is C11H9F6NO2. The molecule has 0 heterocycles. The highest BCUT2D eigenvalue weighted by Crippen LogP contribution is 2.22. The van der Waals surface area contributed by atoms with Crippen LogP contribution in [0.25, 0.3) is 0 Å². The fourth-order valence-corrected chi connectivity index (χ4v) is 1.41. The molecule has 1 aromatic rings. The third-order valence-corrected chi connectivity index (χ3v) is 2.28. The topological polar surface area (TPSA) is 38.3 Å². The van der Waals surface area contributed by atoms with E-state index >= 15 is 0 Å². The van der Waals surface area contributed by atoms with Crippen LogP contribution in [0.2, 0.25) is 0 Å². The second kappa shape index (κ2) is 6.12. The normalized spacial score (nSPS) is 13.2. The minimum atomic E-state index is -4.65. The first-order chi connectivity index (χ1) is 9.15. The van der Waals surface area contributed by atoms with Crippen LogP contribution in [0.1, 0.15) is 11.6 Å². The van der Waals surface area contributed by atoms with Crippen LogP contribution in [-0.4, -0.2) is 25.8 Å². The number of esters is 1. The Morgan fingerprint density at radius 2 is 1.75 bits per heavy atom. The van der Waals surface area contributed by atoms with Crippen molar-refractivity contribution >= 4 is 5.97 Å². The van der Waals surface area contributed by atoms with E-state index in [1.165, 1.54) is 0 Å². The Balaban J connectivity index is 3.08. The maximum Gasteiger partial charge on any atom is 0.401 e. The fraction of sp³-hybridized carbons (Fsp3) is 0.364. The number of carbonyl (C=O) groups is 1. The second-order valence-corrected chi connectivity index (χ2v) is 3.75. The molecule has 0 amide bonds. The van der Waals surface area contributed by atoms with Gasteiger partial charge in [0.2, 0.25) is 0 Å². The van der Waals surface area contributed by atoms with E-state index < -0.39 is 47.7 Å². The number of benzene rings is 1. The van der Waals surface area contributed by atoms with Crippen molar-refractivity contribution in [3.05, 3.63) is 35.1 Å². The Bertz CT molecular complexity index is 479. The minimum Gasteiger partial charge on any atom is -0.468 e. The minimum absolute atomic E-state index is 0.420. The summed E-state index contributed by atoms with van der Waals surface area (Å²) in [4.78, 5) is 11.3. The lowest BCUT2D eigenvalue weighted by molar-refractivity contribution is -0.146. The van der Waals surface area contributed by atoms with Gasteiger partial charge in [0.05, 0.1) is 13.7 Å². The van der Waals surface area contributed by atoms with Crippen molar-refractivity contribution in [1.82, 2.24) is 5.32 Å². The third kappa shape index (κ3) is 4.12. The van der Waals surface area contributed by atoms with E-state index in [1.54, 1.807) is 5.32 Å². The van der Waals surface area contributed by atoms with Crippen LogP contribution in [0.15, 0.2) is 12.1 Å². The summed E-state index contributed by atoms with van der Waals surface area (Å²) in [5.74, 6) is -6.22. The number of rotatable bonds is 4. The lowest BCUT2D eigenvalue weighted by Crippen LogP contribution is -2.36. The van der Waals surface area contributed by atoms with Gasteiger partial charge in [-0.05, 0) is 17.7 Å². The lowest BCUT2D eigenvalue weighted by Gasteiger charge is -2.18. The summed E-state index contributed by atoms with van der Waals surface area (Å²) < 4.78 is 79.3. The van der Waals surface area contributed by atoms with Crippen molar-refractivity contribution in [2.24, 2.45) is 0 Å². The molecule has 0 aliphatic rings. The van der Waals surface area contributed by atoms with E-state index in [0.717, 1.165) is 7.11 Å². The molecule has 1 unspecified atom stereocenters. The number of ether oxygens (including phenoxy) is 1. The quantitative estimate of drug-likeness (QED) is 0.527. The van der Waals surface area contributed by atoms with Gasteiger partial charge >= 0.3 is 12.1 Å². The van der Waals surface area contributed by atoms with Crippen molar-refractivity contribution in [2.75, 3.05) is 13.7 Å². The summed E-state index contributed by atoms with van der Waals surface area (Å²) in [7, 11) is 0.890. The smallest absolute Gasteiger partial charge is 0.401 e. The molecule has 1 N–H and O–H groups in total. The number of nitrogens with one attached hydrogen (secondary N) is 1. The van der Waals surface area contributed by atoms with E-state index in [-0.39, 0.29) is 0 Å². The molecule has 3 nitrogen and oxygen atoms in total. The first kappa shape index (κ1) is 16.3.